The Bertz CT molecular complexity index is 629. The minimum atomic E-state index is -0.479. The first-order valence-corrected chi connectivity index (χ1v) is 8.96. The maximum atomic E-state index is 12.5. The topological polar surface area (TPSA) is 84.7 Å². The number of nitro groups is 1. The number of rotatable bonds is 5. The number of carbonyl (C=O) groups is 1. The number of benzene rings is 1. The summed E-state index contributed by atoms with van der Waals surface area (Å²) in [6, 6.07) is 5.89. The molecule has 1 saturated heterocycles. The Labute approximate surface area is 159 Å². The summed E-state index contributed by atoms with van der Waals surface area (Å²) in [7, 11) is 0. The number of hydrogen-bond donors (Lipinski definition) is 1. The Morgan fingerprint density at radius 2 is 1.92 bits per heavy atom. The molecule has 1 saturated carbocycles. The molecule has 0 radical (unpaired) electrons. The number of carbonyl (C=O) groups excluding carboxylic acids is 1. The normalized spacial score (nSPS) is 20.0. The molecule has 26 heavy (non-hydrogen) atoms. The highest BCUT2D eigenvalue weighted by Gasteiger charge is 2.38. The Kier molecular flexibility index (Phi) is 7.37. The number of ether oxygens (including phenoxy) is 1. The van der Waals surface area contributed by atoms with Gasteiger partial charge in [-0.15, -0.1) is 12.4 Å². The number of nitrogens with zero attached hydrogens (tertiary/aromatic N) is 2. The van der Waals surface area contributed by atoms with Crippen molar-refractivity contribution >= 4 is 24.0 Å². The number of nitrogens with one attached hydrogen (secondary N) is 1. The van der Waals surface area contributed by atoms with Gasteiger partial charge in [-0.1, -0.05) is 25.3 Å². The van der Waals surface area contributed by atoms with Crippen molar-refractivity contribution in [3.05, 3.63) is 39.9 Å². The van der Waals surface area contributed by atoms with E-state index >= 15 is 0 Å². The van der Waals surface area contributed by atoms with Crippen LogP contribution in [0.5, 0.6) is 0 Å². The van der Waals surface area contributed by atoms with Crippen LogP contribution in [0.1, 0.15) is 42.5 Å². The van der Waals surface area contributed by atoms with Crippen LogP contribution in [0.3, 0.4) is 0 Å². The third-order valence-electron chi connectivity index (χ3n) is 5.36. The zero-order chi connectivity index (χ0) is 17.7. The number of morpholine rings is 1. The Hall–Kier alpha value is -1.70. The average Bonchev–Trinajstić information content (AvgIpc) is 2.67. The van der Waals surface area contributed by atoms with Crippen LogP contribution < -0.4 is 5.32 Å². The molecule has 1 N–H and O–H groups in total. The van der Waals surface area contributed by atoms with Gasteiger partial charge in [-0.2, -0.15) is 0 Å². The predicted octanol–water partition coefficient (Wildman–Crippen LogP) is 2.78. The SMILES string of the molecule is Cl.O=C(NCC1(N2CCOCC2)CCCCC1)c1cccc([N+](=O)[O-])c1. The summed E-state index contributed by atoms with van der Waals surface area (Å²) in [6.45, 7) is 3.84. The highest BCUT2D eigenvalue weighted by Crippen LogP contribution is 2.34. The molecule has 1 aromatic rings. The van der Waals surface area contributed by atoms with Gasteiger partial charge in [-0.05, 0) is 18.9 Å². The van der Waals surface area contributed by atoms with Crippen molar-refractivity contribution in [1.82, 2.24) is 10.2 Å². The van der Waals surface area contributed by atoms with Crippen LogP contribution in [0.15, 0.2) is 24.3 Å². The van der Waals surface area contributed by atoms with Gasteiger partial charge in [0, 0.05) is 42.9 Å². The van der Waals surface area contributed by atoms with Crippen molar-refractivity contribution in [2.45, 2.75) is 37.6 Å². The van der Waals surface area contributed by atoms with Crippen LogP contribution in [0.4, 0.5) is 5.69 Å². The van der Waals surface area contributed by atoms with Gasteiger partial charge in [-0.3, -0.25) is 19.8 Å². The molecule has 2 aliphatic rings. The molecule has 0 bridgehead atoms. The van der Waals surface area contributed by atoms with Crippen LogP contribution in [-0.4, -0.2) is 54.1 Å². The van der Waals surface area contributed by atoms with Gasteiger partial charge < -0.3 is 10.1 Å². The molecule has 1 aliphatic heterocycles. The van der Waals surface area contributed by atoms with Crippen molar-refractivity contribution in [3.63, 3.8) is 0 Å². The number of hydrogen-bond acceptors (Lipinski definition) is 5. The van der Waals surface area contributed by atoms with Crippen molar-refractivity contribution in [1.29, 1.82) is 0 Å². The fourth-order valence-corrected chi connectivity index (χ4v) is 3.96. The average molecular weight is 384 g/mol. The van der Waals surface area contributed by atoms with Gasteiger partial charge in [0.05, 0.1) is 18.1 Å². The van der Waals surface area contributed by atoms with E-state index in [1.54, 1.807) is 12.1 Å². The first-order valence-electron chi connectivity index (χ1n) is 8.96. The van der Waals surface area contributed by atoms with E-state index < -0.39 is 4.92 Å². The second-order valence-electron chi connectivity index (χ2n) is 6.87. The Morgan fingerprint density at radius 3 is 2.58 bits per heavy atom. The zero-order valence-corrected chi connectivity index (χ0v) is 15.6. The number of nitro benzene ring substituents is 1. The minimum Gasteiger partial charge on any atom is -0.379 e. The van der Waals surface area contributed by atoms with E-state index in [0.29, 0.717) is 12.1 Å². The summed E-state index contributed by atoms with van der Waals surface area (Å²) in [4.78, 5) is 25.4. The van der Waals surface area contributed by atoms with Crippen LogP contribution >= 0.6 is 12.4 Å². The van der Waals surface area contributed by atoms with Gasteiger partial charge >= 0.3 is 0 Å². The molecule has 8 heteroatoms. The molecule has 2 fully saturated rings. The third kappa shape index (κ3) is 4.72. The van der Waals surface area contributed by atoms with E-state index in [9.17, 15) is 14.9 Å². The summed E-state index contributed by atoms with van der Waals surface area (Å²) in [6.07, 6.45) is 5.73. The lowest BCUT2D eigenvalue weighted by Crippen LogP contribution is -2.59. The summed E-state index contributed by atoms with van der Waals surface area (Å²) in [5, 5.41) is 13.9. The summed E-state index contributed by atoms with van der Waals surface area (Å²) < 4.78 is 5.47. The van der Waals surface area contributed by atoms with Gasteiger partial charge in [0.2, 0.25) is 0 Å². The summed E-state index contributed by atoms with van der Waals surface area (Å²) in [5.74, 6) is -0.248. The van der Waals surface area contributed by atoms with E-state index in [1.165, 1.54) is 31.4 Å². The smallest absolute Gasteiger partial charge is 0.270 e. The second-order valence-corrected chi connectivity index (χ2v) is 6.87. The molecular weight excluding hydrogens is 358 g/mol. The summed E-state index contributed by atoms with van der Waals surface area (Å²) >= 11 is 0. The molecule has 0 aromatic heterocycles. The number of non-ortho nitro benzene ring substituents is 1. The molecule has 1 aliphatic carbocycles. The van der Waals surface area contributed by atoms with Crippen molar-refractivity contribution in [2.24, 2.45) is 0 Å². The van der Waals surface area contributed by atoms with Gasteiger partial charge in [0.1, 0.15) is 0 Å². The van der Waals surface area contributed by atoms with E-state index in [1.807, 2.05) is 0 Å². The quantitative estimate of drug-likeness (QED) is 0.624. The second kappa shape index (κ2) is 9.30. The first-order chi connectivity index (χ1) is 12.1. The van der Waals surface area contributed by atoms with Gasteiger partial charge in [-0.25, -0.2) is 0 Å². The monoisotopic (exact) mass is 383 g/mol. The Balaban J connectivity index is 0.00000243. The van der Waals surface area contributed by atoms with Crippen molar-refractivity contribution in [3.8, 4) is 0 Å². The van der Waals surface area contributed by atoms with Crippen LogP contribution in [0, 0.1) is 10.1 Å². The summed E-state index contributed by atoms with van der Waals surface area (Å²) in [5.41, 5.74) is 0.258. The van der Waals surface area contributed by atoms with Crippen molar-refractivity contribution < 1.29 is 14.5 Å². The zero-order valence-electron chi connectivity index (χ0n) is 14.8. The standard InChI is InChI=1S/C18H25N3O4.ClH/c22-17(15-5-4-6-16(13-15)21(23)24)19-14-18(7-2-1-3-8-18)20-9-11-25-12-10-20;/h4-6,13H,1-3,7-12,14H2,(H,19,22);1H. The van der Waals surface area contributed by atoms with E-state index in [-0.39, 0.29) is 29.5 Å². The Morgan fingerprint density at radius 1 is 1.23 bits per heavy atom. The largest absolute Gasteiger partial charge is 0.379 e. The predicted molar refractivity (Wildman–Crippen MR) is 101 cm³/mol. The fraction of sp³-hybridized carbons (Fsp3) is 0.611. The van der Waals surface area contributed by atoms with E-state index in [0.717, 1.165) is 39.1 Å². The molecule has 0 unspecified atom stereocenters. The molecule has 1 amide bonds. The molecule has 1 heterocycles. The van der Waals surface area contributed by atoms with Crippen LogP contribution in [0.2, 0.25) is 0 Å². The molecule has 144 valence electrons. The number of amides is 1. The van der Waals surface area contributed by atoms with E-state index in [4.69, 9.17) is 4.74 Å². The lowest BCUT2D eigenvalue weighted by Gasteiger charge is -2.48. The van der Waals surface area contributed by atoms with E-state index in [2.05, 4.69) is 10.2 Å². The van der Waals surface area contributed by atoms with Crippen LogP contribution in [-0.2, 0) is 4.74 Å². The molecule has 0 atom stereocenters. The first kappa shape index (κ1) is 20.6. The van der Waals surface area contributed by atoms with Gasteiger partial charge in [0.15, 0.2) is 0 Å². The minimum absolute atomic E-state index is 0. The number of halogens is 1. The molecule has 1 aromatic carbocycles. The fourth-order valence-electron chi connectivity index (χ4n) is 3.96. The van der Waals surface area contributed by atoms with Crippen LogP contribution in [0.25, 0.3) is 0 Å². The highest BCUT2D eigenvalue weighted by atomic mass is 35.5. The van der Waals surface area contributed by atoms with Gasteiger partial charge in [0.25, 0.3) is 11.6 Å². The molecule has 7 nitrogen and oxygen atoms in total. The molecule has 3 rings (SSSR count). The molecular formula is C18H26ClN3O4. The lowest BCUT2D eigenvalue weighted by atomic mass is 9.79. The highest BCUT2D eigenvalue weighted by molar-refractivity contribution is 5.94. The maximum Gasteiger partial charge on any atom is 0.270 e. The molecule has 0 spiro atoms. The lowest BCUT2D eigenvalue weighted by molar-refractivity contribution is -0.384. The third-order valence-corrected chi connectivity index (χ3v) is 5.36. The van der Waals surface area contributed by atoms with Crippen molar-refractivity contribution in [2.75, 3.05) is 32.8 Å². The maximum absolute atomic E-state index is 12.5.